The van der Waals surface area contributed by atoms with Gasteiger partial charge in [-0.25, -0.2) is 0 Å². The van der Waals surface area contributed by atoms with Crippen molar-refractivity contribution < 1.29 is 9.47 Å². The number of ether oxygens (including phenoxy) is 2. The molecule has 3 nitrogen and oxygen atoms in total. The third-order valence-corrected chi connectivity index (χ3v) is 2.76. The molecule has 3 heteroatoms. The smallest absolute Gasteiger partial charge is 0.122 e. The van der Waals surface area contributed by atoms with Crippen LogP contribution in [0.3, 0.4) is 0 Å². The Hall–Kier alpha value is -1.06. The summed E-state index contributed by atoms with van der Waals surface area (Å²) in [5.41, 5.74) is 1.25. The van der Waals surface area contributed by atoms with Gasteiger partial charge in [0, 0.05) is 7.11 Å². The maximum atomic E-state index is 5.86. The lowest BCUT2D eigenvalue weighted by molar-refractivity contribution is 0.139. The van der Waals surface area contributed by atoms with E-state index in [2.05, 4.69) is 25.2 Å². The monoisotopic (exact) mass is 237 g/mol. The summed E-state index contributed by atoms with van der Waals surface area (Å²) in [4.78, 5) is 0. The van der Waals surface area contributed by atoms with E-state index in [0.717, 1.165) is 5.75 Å². The Bertz CT molecular complexity index is 326. The Kier molecular flexibility index (Phi) is 6.01. The maximum Gasteiger partial charge on any atom is 0.122 e. The number of rotatable bonds is 7. The Morgan fingerprint density at radius 1 is 1.18 bits per heavy atom. The fraction of sp³-hybridized carbons (Fsp3) is 0.571. The van der Waals surface area contributed by atoms with Crippen LogP contribution in [0.15, 0.2) is 24.3 Å². The van der Waals surface area contributed by atoms with E-state index in [1.165, 1.54) is 5.56 Å². The summed E-state index contributed by atoms with van der Waals surface area (Å²) in [7, 11) is 3.62. The molecule has 1 aromatic rings. The third kappa shape index (κ3) is 4.36. The molecule has 1 aromatic carbocycles. The van der Waals surface area contributed by atoms with Gasteiger partial charge in [-0.15, -0.1) is 0 Å². The first-order valence-corrected chi connectivity index (χ1v) is 6.07. The van der Waals surface area contributed by atoms with Crippen LogP contribution in [0.2, 0.25) is 0 Å². The van der Waals surface area contributed by atoms with Gasteiger partial charge < -0.3 is 14.8 Å². The van der Waals surface area contributed by atoms with Crippen molar-refractivity contribution in [2.75, 3.05) is 27.4 Å². The third-order valence-electron chi connectivity index (χ3n) is 2.76. The summed E-state index contributed by atoms with van der Waals surface area (Å²) in [5.74, 6) is 1.44. The van der Waals surface area contributed by atoms with Crippen LogP contribution in [0.4, 0.5) is 0 Å². The minimum absolute atomic E-state index is 0.222. The molecule has 1 rings (SSSR count). The van der Waals surface area contributed by atoms with E-state index in [1.54, 1.807) is 7.11 Å². The van der Waals surface area contributed by atoms with Crippen molar-refractivity contribution in [3.63, 3.8) is 0 Å². The molecule has 0 aliphatic carbocycles. The SMILES string of the molecule is CNC(COC)COc1ccccc1C(C)C. The minimum atomic E-state index is 0.222. The van der Waals surface area contributed by atoms with Gasteiger partial charge in [-0.1, -0.05) is 32.0 Å². The molecule has 0 heterocycles. The van der Waals surface area contributed by atoms with Crippen LogP contribution >= 0.6 is 0 Å². The molecule has 0 aliphatic rings. The molecule has 0 aromatic heterocycles. The zero-order chi connectivity index (χ0) is 12.7. The van der Waals surface area contributed by atoms with Crippen LogP contribution in [0, 0.1) is 0 Å². The van der Waals surface area contributed by atoms with Crippen LogP contribution in [0.5, 0.6) is 5.75 Å². The Morgan fingerprint density at radius 3 is 2.47 bits per heavy atom. The minimum Gasteiger partial charge on any atom is -0.492 e. The highest BCUT2D eigenvalue weighted by molar-refractivity contribution is 5.35. The molecular formula is C14H23NO2. The predicted molar refractivity (Wildman–Crippen MR) is 70.7 cm³/mol. The van der Waals surface area contributed by atoms with E-state index in [0.29, 0.717) is 19.1 Å². The number of benzene rings is 1. The molecule has 1 N–H and O–H groups in total. The van der Waals surface area contributed by atoms with Crippen LogP contribution < -0.4 is 10.1 Å². The van der Waals surface area contributed by atoms with Crippen molar-refractivity contribution in [3.05, 3.63) is 29.8 Å². The molecule has 0 radical (unpaired) electrons. The topological polar surface area (TPSA) is 30.5 Å². The standard InChI is InChI=1S/C14H23NO2/c1-11(2)13-7-5-6-8-14(13)17-10-12(15-3)9-16-4/h5-8,11-12,15H,9-10H2,1-4H3. The fourth-order valence-electron chi connectivity index (χ4n) is 1.70. The Morgan fingerprint density at radius 2 is 1.88 bits per heavy atom. The van der Waals surface area contributed by atoms with Gasteiger partial charge in [0.15, 0.2) is 0 Å². The maximum absolute atomic E-state index is 5.86. The first kappa shape index (κ1) is 14.0. The molecule has 96 valence electrons. The zero-order valence-electron chi connectivity index (χ0n) is 11.2. The van der Waals surface area contributed by atoms with E-state index in [9.17, 15) is 0 Å². The second-order valence-corrected chi connectivity index (χ2v) is 4.44. The Labute approximate surface area is 104 Å². The van der Waals surface area contributed by atoms with E-state index >= 15 is 0 Å². The highest BCUT2D eigenvalue weighted by Crippen LogP contribution is 2.25. The lowest BCUT2D eigenvalue weighted by Crippen LogP contribution is -2.35. The largest absolute Gasteiger partial charge is 0.492 e. The lowest BCUT2D eigenvalue weighted by Gasteiger charge is -2.18. The highest BCUT2D eigenvalue weighted by Gasteiger charge is 2.10. The van der Waals surface area contributed by atoms with Crippen molar-refractivity contribution >= 4 is 0 Å². The van der Waals surface area contributed by atoms with Crippen LogP contribution in [0.25, 0.3) is 0 Å². The lowest BCUT2D eigenvalue weighted by atomic mass is 10.0. The average Bonchev–Trinajstić information content (AvgIpc) is 2.34. The quantitative estimate of drug-likeness (QED) is 0.790. The van der Waals surface area contributed by atoms with Crippen molar-refractivity contribution in [1.29, 1.82) is 0 Å². The van der Waals surface area contributed by atoms with Crippen molar-refractivity contribution in [2.24, 2.45) is 0 Å². The number of nitrogens with one attached hydrogen (secondary N) is 1. The summed E-state index contributed by atoms with van der Waals surface area (Å²) in [6, 6.07) is 8.42. The predicted octanol–water partition coefficient (Wildman–Crippen LogP) is 2.42. The van der Waals surface area contributed by atoms with Crippen LogP contribution in [-0.4, -0.2) is 33.4 Å². The van der Waals surface area contributed by atoms with Gasteiger partial charge in [0.25, 0.3) is 0 Å². The summed E-state index contributed by atoms with van der Waals surface area (Å²) < 4.78 is 11.0. The van der Waals surface area contributed by atoms with Gasteiger partial charge in [0.1, 0.15) is 12.4 Å². The number of hydrogen-bond donors (Lipinski definition) is 1. The summed E-state index contributed by atoms with van der Waals surface area (Å²) in [5, 5.41) is 3.17. The second-order valence-electron chi connectivity index (χ2n) is 4.44. The molecule has 1 atom stereocenters. The molecule has 0 fully saturated rings. The van der Waals surface area contributed by atoms with Crippen LogP contribution in [-0.2, 0) is 4.74 Å². The van der Waals surface area contributed by atoms with Gasteiger partial charge in [-0.2, -0.15) is 0 Å². The van der Waals surface area contributed by atoms with E-state index in [-0.39, 0.29) is 6.04 Å². The number of hydrogen-bond acceptors (Lipinski definition) is 3. The van der Waals surface area contributed by atoms with Crippen molar-refractivity contribution in [1.82, 2.24) is 5.32 Å². The molecule has 0 amide bonds. The first-order chi connectivity index (χ1) is 8.19. The summed E-state index contributed by atoms with van der Waals surface area (Å²) >= 11 is 0. The normalized spacial score (nSPS) is 12.8. The molecule has 0 aliphatic heterocycles. The van der Waals surface area contributed by atoms with Crippen molar-refractivity contribution in [3.8, 4) is 5.75 Å². The van der Waals surface area contributed by atoms with Gasteiger partial charge in [-0.3, -0.25) is 0 Å². The van der Waals surface area contributed by atoms with E-state index in [1.807, 2.05) is 25.2 Å². The first-order valence-electron chi connectivity index (χ1n) is 6.07. The molecule has 17 heavy (non-hydrogen) atoms. The van der Waals surface area contributed by atoms with E-state index < -0.39 is 0 Å². The van der Waals surface area contributed by atoms with Crippen LogP contribution in [0.1, 0.15) is 25.3 Å². The highest BCUT2D eigenvalue weighted by atomic mass is 16.5. The number of likely N-dealkylation sites (N-methyl/N-ethyl adjacent to an activating group) is 1. The molecule has 0 saturated heterocycles. The number of para-hydroxylation sites is 1. The molecule has 0 saturated carbocycles. The van der Waals surface area contributed by atoms with Gasteiger partial charge in [-0.05, 0) is 24.6 Å². The Balaban J connectivity index is 2.61. The van der Waals surface area contributed by atoms with Crippen molar-refractivity contribution in [2.45, 2.75) is 25.8 Å². The number of methoxy groups -OCH3 is 1. The summed E-state index contributed by atoms with van der Waals surface area (Å²) in [6.07, 6.45) is 0. The average molecular weight is 237 g/mol. The van der Waals surface area contributed by atoms with Gasteiger partial charge >= 0.3 is 0 Å². The molecule has 0 spiro atoms. The molecular weight excluding hydrogens is 214 g/mol. The van der Waals surface area contributed by atoms with E-state index in [4.69, 9.17) is 9.47 Å². The zero-order valence-corrected chi connectivity index (χ0v) is 11.2. The second kappa shape index (κ2) is 7.30. The molecule has 0 bridgehead atoms. The van der Waals surface area contributed by atoms with Gasteiger partial charge in [0.05, 0.1) is 12.6 Å². The van der Waals surface area contributed by atoms with Gasteiger partial charge in [0.2, 0.25) is 0 Å². The molecule has 1 unspecified atom stereocenters. The fourth-order valence-corrected chi connectivity index (χ4v) is 1.70. The summed E-state index contributed by atoms with van der Waals surface area (Å²) in [6.45, 7) is 5.62.